The number of fused-ring (bicyclic) bond motifs is 1. The summed E-state index contributed by atoms with van der Waals surface area (Å²) in [6, 6.07) is 5.88. The number of piperazine rings is 1. The van der Waals surface area contributed by atoms with E-state index in [0.29, 0.717) is 5.39 Å². The second-order valence-corrected chi connectivity index (χ2v) is 6.30. The van der Waals surface area contributed by atoms with Crippen molar-refractivity contribution in [3.63, 3.8) is 0 Å². The van der Waals surface area contributed by atoms with Gasteiger partial charge in [-0.25, -0.2) is 9.97 Å². The first-order valence-corrected chi connectivity index (χ1v) is 8.36. The lowest BCUT2D eigenvalue weighted by atomic mass is 10.2. The van der Waals surface area contributed by atoms with E-state index >= 15 is 0 Å². The number of aromatic nitrogens is 4. The van der Waals surface area contributed by atoms with Gasteiger partial charge < -0.3 is 14.4 Å². The van der Waals surface area contributed by atoms with E-state index in [0.717, 1.165) is 48.9 Å². The standard InChI is InChI=1S/C18H20N6O/c1-13-17(20-6-5-19-13)24-9-7-23(8-10-24)14-3-4-15-16(11-14)21-12-22(2)18(15)25/h3-6,11-12H,7-10H2,1-2H3. The van der Waals surface area contributed by atoms with Crippen LogP contribution in [0.1, 0.15) is 5.69 Å². The van der Waals surface area contributed by atoms with Crippen LogP contribution in [-0.4, -0.2) is 45.7 Å². The second-order valence-electron chi connectivity index (χ2n) is 6.30. The van der Waals surface area contributed by atoms with E-state index < -0.39 is 0 Å². The van der Waals surface area contributed by atoms with Crippen LogP contribution in [0.3, 0.4) is 0 Å². The predicted octanol–water partition coefficient (Wildman–Crippen LogP) is 1.36. The quantitative estimate of drug-likeness (QED) is 0.704. The van der Waals surface area contributed by atoms with Gasteiger partial charge in [0.25, 0.3) is 5.56 Å². The Morgan fingerprint density at radius 1 is 0.960 bits per heavy atom. The third-order valence-corrected chi connectivity index (χ3v) is 4.70. The zero-order chi connectivity index (χ0) is 17.4. The van der Waals surface area contributed by atoms with Crippen molar-refractivity contribution in [2.75, 3.05) is 36.0 Å². The normalized spacial score (nSPS) is 15.0. The van der Waals surface area contributed by atoms with Crippen LogP contribution in [0, 0.1) is 6.92 Å². The van der Waals surface area contributed by atoms with Gasteiger partial charge >= 0.3 is 0 Å². The third-order valence-electron chi connectivity index (χ3n) is 4.70. The van der Waals surface area contributed by atoms with E-state index in [2.05, 4.69) is 24.8 Å². The molecule has 1 fully saturated rings. The number of rotatable bonds is 2. The lowest BCUT2D eigenvalue weighted by Gasteiger charge is -2.37. The maximum Gasteiger partial charge on any atom is 0.260 e. The fourth-order valence-electron chi connectivity index (χ4n) is 3.28. The molecule has 0 aliphatic carbocycles. The van der Waals surface area contributed by atoms with Crippen molar-refractivity contribution in [1.82, 2.24) is 19.5 Å². The van der Waals surface area contributed by atoms with Crippen LogP contribution in [0.4, 0.5) is 11.5 Å². The van der Waals surface area contributed by atoms with Crippen molar-refractivity contribution in [1.29, 1.82) is 0 Å². The molecule has 0 N–H and O–H groups in total. The lowest BCUT2D eigenvalue weighted by molar-refractivity contribution is 0.644. The molecule has 0 spiro atoms. The van der Waals surface area contributed by atoms with Gasteiger partial charge in [0.2, 0.25) is 0 Å². The van der Waals surface area contributed by atoms with Gasteiger partial charge in [-0.3, -0.25) is 9.78 Å². The van der Waals surface area contributed by atoms with Gasteiger partial charge in [0, 0.05) is 51.3 Å². The van der Waals surface area contributed by atoms with Crippen LogP contribution in [0.15, 0.2) is 41.7 Å². The number of nitrogens with zero attached hydrogens (tertiary/aromatic N) is 6. The fraction of sp³-hybridized carbons (Fsp3) is 0.333. The minimum absolute atomic E-state index is 0.0144. The first-order chi connectivity index (χ1) is 12.1. The monoisotopic (exact) mass is 336 g/mol. The molecule has 0 saturated carbocycles. The molecule has 7 nitrogen and oxygen atoms in total. The molecule has 3 heterocycles. The fourth-order valence-corrected chi connectivity index (χ4v) is 3.28. The molecule has 1 aromatic carbocycles. The highest BCUT2D eigenvalue weighted by atomic mass is 16.1. The van der Waals surface area contributed by atoms with Crippen molar-refractivity contribution < 1.29 is 0 Å². The molecule has 128 valence electrons. The number of aryl methyl sites for hydroxylation is 2. The van der Waals surface area contributed by atoms with Crippen molar-refractivity contribution >= 4 is 22.4 Å². The molecule has 0 bridgehead atoms. The topological polar surface area (TPSA) is 67.2 Å². The zero-order valence-electron chi connectivity index (χ0n) is 14.4. The number of anilines is 2. The summed E-state index contributed by atoms with van der Waals surface area (Å²) in [5, 5.41) is 0.655. The highest BCUT2D eigenvalue weighted by molar-refractivity contribution is 5.81. The Bertz CT molecular complexity index is 975. The Kier molecular flexibility index (Phi) is 3.83. The third kappa shape index (κ3) is 2.82. The average Bonchev–Trinajstić information content (AvgIpc) is 2.65. The minimum atomic E-state index is -0.0144. The minimum Gasteiger partial charge on any atom is -0.368 e. The first kappa shape index (κ1) is 15.6. The van der Waals surface area contributed by atoms with E-state index in [4.69, 9.17) is 0 Å². The van der Waals surface area contributed by atoms with E-state index in [1.54, 1.807) is 25.8 Å². The van der Waals surface area contributed by atoms with Gasteiger partial charge in [-0.05, 0) is 25.1 Å². The molecule has 3 aromatic rings. The SMILES string of the molecule is Cc1nccnc1N1CCN(c2ccc3c(=O)n(C)cnc3c2)CC1. The van der Waals surface area contributed by atoms with Crippen LogP contribution >= 0.6 is 0 Å². The van der Waals surface area contributed by atoms with Crippen LogP contribution in [0.25, 0.3) is 10.9 Å². The molecule has 0 amide bonds. The molecule has 4 rings (SSSR count). The largest absolute Gasteiger partial charge is 0.368 e. The van der Waals surface area contributed by atoms with Crippen molar-refractivity contribution in [3.8, 4) is 0 Å². The molecule has 1 saturated heterocycles. The Morgan fingerprint density at radius 3 is 2.44 bits per heavy atom. The van der Waals surface area contributed by atoms with Crippen LogP contribution in [0.5, 0.6) is 0 Å². The number of benzene rings is 1. The molecule has 2 aromatic heterocycles. The lowest BCUT2D eigenvalue weighted by Crippen LogP contribution is -2.47. The molecule has 0 atom stereocenters. The van der Waals surface area contributed by atoms with Gasteiger partial charge in [0.05, 0.1) is 22.9 Å². The van der Waals surface area contributed by atoms with Gasteiger partial charge in [0.1, 0.15) is 5.82 Å². The summed E-state index contributed by atoms with van der Waals surface area (Å²) in [5.74, 6) is 0.964. The summed E-state index contributed by atoms with van der Waals surface area (Å²) in [7, 11) is 1.72. The van der Waals surface area contributed by atoms with E-state index in [9.17, 15) is 4.79 Å². The second kappa shape index (κ2) is 6.16. The number of hydrogen-bond acceptors (Lipinski definition) is 6. The van der Waals surface area contributed by atoms with Crippen molar-refractivity contribution in [3.05, 3.63) is 53.0 Å². The van der Waals surface area contributed by atoms with Crippen molar-refractivity contribution in [2.45, 2.75) is 6.92 Å². The van der Waals surface area contributed by atoms with Gasteiger partial charge in [-0.2, -0.15) is 0 Å². The Morgan fingerprint density at radius 2 is 1.68 bits per heavy atom. The maximum atomic E-state index is 12.1. The summed E-state index contributed by atoms with van der Waals surface area (Å²) < 4.78 is 1.50. The molecule has 0 radical (unpaired) electrons. The highest BCUT2D eigenvalue weighted by Crippen LogP contribution is 2.22. The molecular weight excluding hydrogens is 316 g/mol. The number of hydrogen-bond donors (Lipinski definition) is 0. The Balaban J connectivity index is 1.55. The predicted molar refractivity (Wildman–Crippen MR) is 98.2 cm³/mol. The van der Waals surface area contributed by atoms with E-state index in [1.165, 1.54) is 4.57 Å². The molecule has 0 unspecified atom stereocenters. The van der Waals surface area contributed by atoms with Crippen LogP contribution < -0.4 is 15.4 Å². The summed E-state index contributed by atoms with van der Waals surface area (Å²) in [6.07, 6.45) is 5.04. The Hall–Kier alpha value is -2.96. The summed E-state index contributed by atoms with van der Waals surface area (Å²) in [5.41, 5.74) is 2.79. The maximum absolute atomic E-state index is 12.1. The summed E-state index contributed by atoms with van der Waals surface area (Å²) >= 11 is 0. The Labute approximate surface area is 145 Å². The summed E-state index contributed by atoms with van der Waals surface area (Å²) in [4.78, 5) is 29.9. The zero-order valence-corrected chi connectivity index (χ0v) is 14.4. The first-order valence-electron chi connectivity index (χ1n) is 8.36. The van der Waals surface area contributed by atoms with Gasteiger partial charge in [0.15, 0.2) is 0 Å². The summed E-state index contributed by atoms with van der Waals surface area (Å²) in [6.45, 7) is 5.56. The molecule has 1 aliphatic rings. The van der Waals surface area contributed by atoms with Crippen LogP contribution in [-0.2, 0) is 7.05 Å². The highest BCUT2D eigenvalue weighted by Gasteiger charge is 2.20. The molecule has 25 heavy (non-hydrogen) atoms. The molecule has 1 aliphatic heterocycles. The van der Waals surface area contributed by atoms with E-state index in [1.807, 2.05) is 25.1 Å². The van der Waals surface area contributed by atoms with E-state index in [-0.39, 0.29) is 5.56 Å². The van der Waals surface area contributed by atoms with Gasteiger partial charge in [-0.15, -0.1) is 0 Å². The van der Waals surface area contributed by atoms with Gasteiger partial charge in [-0.1, -0.05) is 0 Å². The molecular formula is C18H20N6O. The van der Waals surface area contributed by atoms with Crippen LogP contribution in [0.2, 0.25) is 0 Å². The molecule has 7 heteroatoms. The smallest absolute Gasteiger partial charge is 0.260 e. The average molecular weight is 336 g/mol. The van der Waals surface area contributed by atoms with Crippen molar-refractivity contribution in [2.24, 2.45) is 7.05 Å².